The predicted molar refractivity (Wildman–Crippen MR) is 56.5 cm³/mol. The van der Waals surface area contributed by atoms with Crippen LogP contribution in [0.25, 0.3) is 0 Å². The lowest BCUT2D eigenvalue weighted by molar-refractivity contribution is 0.325. The van der Waals surface area contributed by atoms with Gasteiger partial charge in [0.25, 0.3) is 0 Å². The normalized spacial score (nSPS) is 9.00. The summed E-state index contributed by atoms with van der Waals surface area (Å²) in [5.74, 6) is -0.566. The molecule has 3 nitrogen and oxygen atoms in total. The summed E-state index contributed by atoms with van der Waals surface area (Å²) in [7, 11) is 0. The Kier molecular flexibility index (Phi) is 4.94. The van der Waals surface area contributed by atoms with Gasteiger partial charge in [0.1, 0.15) is 5.82 Å². The number of nitrogens with two attached hydrogens (primary N) is 1. The van der Waals surface area contributed by atoms with Crippen molar-refractivity contribution in [2.24, 2.45) is 0 Å². The van der Waals surface area contributed by atoms with E-state index in [-0.39, 0.29) is 24.0 Å². The van der Waals surface area contributed by atoms with Gasteiger partial charge in [-0.05, 0) is 25.1 Å². The first kappa shape index (κ1) is 12.7. The third kappa shape index (κ3) is 2.88. The summed E-state index contributed by atoms with van der Waals surface area (Å²) >= 11 is 0. The van der Waals surface area contributed by atoms with E-state index in [4.69, 9.17) is 15.9 Å². The molecule has 0 bridgehead atoms. The molecule has 0 saturated heterocycles. The molecule has 0 unspecified atom stereocenters. The number of halogens is 2. The van der Waals surface area contributed by atoms with Crippen molar-refractivity contribution in [3.8, 4) is 0 Å². The summed E-state index contributed by atoms with van der Waals surface area (Å²) in [4.78, 5) is 0. The molecule has 3 N–H and O–H groups in total. The smallest absolute Gasteiger partial charge is 0.213 e. The number of hydrogen-bond acceptors (Lipinski definition) is 3. The molecular weight excluding hydrogens is 207 g/mol. The third-order valence-corrected chi connectivity index (χ3v) is 1.55. The Morgan fingerprint density at radius 3 is 2.71 bits per heavy atom. The molecule has 0 aliphatic rings. The zero-order valence-corrected chi connectivity index (χ0v) is 8.53. The van der Waals surface area contributed by atoms with Crippen molar-refractivity contribution in [2.75, 3.05) is 12.3 Å². The van der Waals surface area contributed by atoms with E-state index in [1.54, 1.807) is 13.0 Å². The van der Waals surface area contributed by atoms with Crippen LogP contribution in [0, 0.1) is 11.2 Å². The van der Waals surface area contributed by atoms with E-state index < -0.39 is 5.82 Å². The Labute approximate surface area is 88.0 Å². The van der Waals surface area contributed by atoms with Gasteiger partial charge in [-0.3, -0.25) is 5.41 Å². The van der Waals surface area contributed by atoms with Crippen LogP contribution in [-0.4, -0.2) is 12.5 Å². The van der Waals surface area contributed by atoms with E-state index in [0.29, 0.717) is 12.2 Å². The van der Waals surface area contributed by atoms with Crippen molar-refractivity contribution in [1.82, 2.24) is 0 Å². The minimum atomic E-state index is -0.526. The Morgan fingerprint density at radius 1 is 1.57 bits per heavy atom. The molecule has 0 atom stereocenters. The van der Waals surface area contributed by atoms with Crippen molar-refractivity contribution in [1.29, 1.82) is 5.41 Å². The first-order valence-corrected chi connectivity index (χ1v) is 3.92. The van der Waals surface area contributed by atoms with Gasteiger partial charge >= 0.3 is 0 Å². The van der Waals surface area contributed by atoms with Gasteiger partial charge < -0.3 is 10.5 Å². The van der Waals surface area contributed by atoms with Crippen LogP contribution in [-0.2, 0) is 4.74 Å². The Hall–Kier alpha value is -1.29. The highest BCUT2D eigenvalue weighted by Crippen LogP contribution is 2.12. The highest BCUT2D eigenvalue weighted by atomic mass is 35.5. The van der Waals surface area contributed by atoms with E-state index in [2.05, 4.69) is 0 Å². The summed E-state index contributed by atoms with van der Waals surface area (Å²) in [5.41, 5.74) is 5.75. The Morgan fingerprint density at radius 2 is 2.21 bits per heavy atom. The molecule has 0 aliphatic carbocycles. The lowest BCUT2D eigenvalue weighted by Gasteiger charge is -2.05. The van der Waals surface area contributed by atoms with Gasteiger partial charge in [0.15, 0.2) is 0 Å². The van der Waals surface area contributed by atoms with Crippen LogP contribution < -0.4 is 5.73 Å². The van der Waals surface area contributed by atoms with Gasteiger partial charge in [-0.25, -0.2) is 4.39 Å². The highest BCUT2D eigenvalue weighted by Gasteiger charge is 2.04. The fraction of sp³-hybridized carbons (Fsp3) is 0.222. The second kappa shape index (κ2) is 5.44. The number of nitrogen functional groups attached to an aromatic ring is 1. The Balaban J connectivity index is 0.00000169. The van der Waals surface area contributed by atoms with Gasteiger partial charge in [0, 0.05) is 5.56 Å². The molecule has 14 heavy (non-hydrogen) atoms. The molecule has 5 heteroatoms. The molecule has 0 fully saturated rings. The van der Waals surface area contributed by atoms with E-state index in [9.17, 15) is 4.39 Å². The van der Waals surface area contributed by atoms with Crippen LogP contribution in [0.1, 0.15) is 12.5 Å². The third-order valence-electron chi connectivity index (χ3n) is 1.55. The molecule has 0 saturated carbocycles. The molecule has 0 amide bonds. The van der Waals surface area contributed by atoms with Gasteiger partial charge in [0.2, 0.25) is 5.90 Å². The highest BCUT2D eigenvalue weighted by molar-refractivity contribution is 5.91. The van der Waals surface area contributed by atoms with Crippen LogP contribution in [0.15, 0.2) is 18.2 Å². The van der Waals surface area contributed by atoms with Crippen LogP contribution >= 0.6 is 12.4 Å². The van der Waals surface area contributed by atoms with Crippen LogP contribution in [0.3, 0.4) is 0 Å². The monoisotopic (exact) mass is 218 g/mol. The summed E-state index contributed by atoms with van der Waals surface area (Å²) in [6.45, 7) is 2.16. The van der Waals surface area contributed by atoms with Crippen LogP contribution in [0.5, 0.6) is 0 Å². The maximum Gasteiger partial charge on any atom is 0.213 e. The average molecular weight is 219 g/mol. The lowest BCUT2D eigenvalue weighted by Crippen LogP contribution is -2.05. The van der Waals surface area contributed by atoms with E-state index >= 15 is 0 Å². The van der Waals surface area contributed by atoms with Crippen molar-refractivity contribution >= 4 is 24.0 Å². The van der Waals surface area contributed by atoms with Crippen LogP contribution in [0.4, 0.5) is 10.1 Å². The second-order valence-corrected chi connectivity index (χ2v) is 2.50. The molecule has 1 aromatic rings. The quantitative estimate of drug-likeness (QED) is 0.454. The fourth-order valence-electron chi connectivity index (χ4n) is 0.896. The number of hydrogen-bond donors (Lipinski definition) is 2. The first-order valence-electron chi connectivity index (χ1n) is 3.92. The van der Waals surface area contributed by atoms with Gasteiger partial charge in [-0.15, -0.1) is 12.4 Å². The fourth-order valence-corrected chi connectivity index (χ4v) is 0.896. The van der Waals surface area contributed by atoms with Crippen molar-refractivity contribution < 1.29 is 9.13 Å². The zero-order chi connectivity index (χ0) is 9.84. The van der Waals surface area contributed by atoms with E-state index in [0.717, 1.165) is 0 Å². The summed E-state index contributed by atoms with van der Waals surface area (Å²) in [6.07, 6.45) is 0. The maximum atomic E-state index is 12.9. The minimum Gasteiger partial charge on any atom is -0.478 e. The summed E-state index contributed by atoms with van der Waals surface area (Å²) < 4.78 is 17.8. The van der Waals surface area contributed by atoms with Gasteiger partial charge in [0.05, 0.1) is 12.3 Å². The molecule has 78 valence electrons. The molecule has 0 radical (unpaired) electrons. The number of benzene rings is 1. The van der Waals surface area contributed by atoms with Crippen molar-refractivity contribution in [2.45, 2.75) is 6.92 Å². The Bertz CT molecular complexity index is 331. The van der Waals surface area contributed by atoms with E-state index in [1.165, 1.54) is 12.1 Å². The second-order valence-electron chi connectivity index (χ2n) is 2.50. The molecule has 0 aromatic heterocycles. The number of rotatable bonds is 2. The SMILES string of the molecule is CCOC(=N)c1ccc(N)c(F)c1.Cl. The van der Waals surface area contributed by atoms with Crippen molar-refractivity contribution in [3.63, 3.8) is 0 Å². The molecule has 1 rings (SSSR count). The van der Waals surface area contributed by atoms with Crippen LogP contribution in [0.2, 0.25) is 0 Å². The summed E-state index contributed by atoms with van der Waals surface area (Å²) in [5, 5.41) is 7.37. The topological polar surface area (TPSA) is 59.1 Å². The number of ether oxygens (including phenoxy) is 1. The first-order chi connectivity index (χ1) is 6.15. The predicted octanol–water partition coefficient (Wildman–Crippen LogP) is 2.19. The number of nitrogens with one attached hydrogen (secondary N) is 1. The molecule has 0 spiro atoms. The summed E-state index contributed by atoms with van der Waals surface area (Å²) in [6, 6.07) is 4.15. The van der Waals surface area contributed by atoms with Gasteiger partial charge in [-0.2, -0.15) is 0 Å². The van der Waals surface area contributed by atoms with E-state index in [1.807, 2.05) is 0 Å². The number of anilines is 1. The van der Waals surface area contributed by atoms with Gasteiger partial charge in [-0.1, -0.05) is 0 Å². The maximum absolute atomic E-state index is 12.9. The lowest BCUT2D eigenvalue weighted by atomic mass is 10.2. The zero-order valence-electron chi connectivity index (χ0n) is 7.71. The molecular formula is C9H12ClFN2O. The average Bonchev–Trinajstić information content (AvgIpc) is 2.10. The molecule has 1 aromatic carbocycles. The minimum absolute atomic E-state index is 0. The molecule has 0 heterocycles. The van der Waals surface area contributed by atoms with Crippen molar-refractivity contribution in [3.05, 3.63) is 29.6 Å². The largest absolute Gasteiger partial charge is 0.478 e. The molecule has 0 aliphatic heterocycles. The standard InChI is InChI=1S/C9H11FN2O.ClH/c1-2-13-9(12)6-3-4-8(11)7(10)5-6;/h3-5,12H,2,11H2,1H3;1H.